The van der Waals surface area contributed by atoms with Crippen LogP contribution >= 0.6 is 11.6 Å². The van der Waals surface area contributed by atoms with Gasteiger partial charge >= 0.3 is 0 Å². The van der Waals surface area contributed by atoms with Gasteiger partial charge in [0.15, 0.2) is 11.5 Å². The molecule has 2 aromatic carbocycles. The number of rotatable bonds is 5. The van der Waals surface area contributed by atoms with Crippen molar-refractivity contribution in [3.63, 3.8) is 0 Å². The van der Waals surface area contributed by atoms with E-state index >= 15 is 0 Å². The van der Waals surface area contributed by atoms with E-state index in [-0.39, 0.29) is 0 Å². The van der Waals surface area contributed by atoms with E-state index < -0.39 is 0 Å². The van der Waals surface area contributed by atoms with Crippen molar-refractivity contribution >= 4 is 22.6 Å². The van der Waals surface area contributed by atoms with Gasteiger partial charge in [-0.15, -0.1) is 0 Å². The van der Waals surface area contributed by atoms with E-state index in [4.69, 9.17) is 26.1 Å². The number of aromatic nitrogens is 2. The first-order chi connectivity index (χ1) is 12.2. The predicted octanol–water partition coefficient (Wildman–Crippen LogP) is 3.83. The van der Waals surface area contributed by atoms with Gasteiger partial charge in [-0.3, -0.25) is 4.90 Å². The minimum atomic E-state index is 0.436. The highest BCUT2D eigenvalue weighted by Crippen LogP contribution is 2.35. The Morgan fingerprint density at radius 3 is 2.60 bits per heavy atom. The molecule has 1 fully saturated rings. The van der Waals surface area contributed by atoms with E-state index in [9.17, 15) is 0 Å². The summed E-state index contributed by atoms with van der Waals surface area (Å²) < 4.78 is 10.7. The Hall–Kier alpha value is -2.24. The van der Waals surface area contributed by atoms with Crippen molar-refractivity contribution in [3.05, 3.63) is 52.8 Å². The monoisotopic (exact) mass is 357 g/mol. The Balaban J connectivity index is 1.44. The molecule has 5 nitrogen and oxygen atoms in total. The van der Waals surface area contributed by atoms with Crippen LogP contribution in [0.4, 0.5) is 0 Å². The Morgan fingerprint density at radius 2 is 1.88 bits per heavy atom. The lowest BCUT2D eigenvalue weighted by molar-refractivity contribution is 0.135. The second-order valence-electron chi connectivity index (χ2n) is 6.33. The van der Waals surface area contributed by atoms with Crippen molar-refractivity contribution in [2.75, 3.05) is 27.3 Å². The second-order valence-corrected chi connectivity index (χ2v) is 6.74. The van der Waals surface area contributed by atoms with Crippen molar-refractivity contribution in [2.24, 2.45) is 0 Å². The fraction of sp³-hybridized carbons (Fsp3) is 0.316. The lowest BCUT2D eigenvalue weighted by Gasteiger charge is -2.38. The lowest BCUT2D eigenvalue weighted by atomic mass is 9.98. The summed E-state index contributed by atoms with van der Waals surface area (Å²) in [6.07, 6.45) is 0. The number of methoxy groups -OCH3 is 2. The zero-order chi connectivity index (χ0) is 17.4. The Morgan fingerprint density at radius 1 is 1.16 bits per heavy atom. The quantitative estimate of drug-likeness (QED) is 0.754. The molecular weight excluding hydrogens is 338 g/mol. The van der Waals surface area contributed by atoms with Crippen molar-refractivity contribution in [2.45, 2.75) is 12.5 Å². The number of imidazole rings is 1. The molecule has 1 aromatic heterocycles. The molecule has 0 bridgehead atoms. The van der Waals surface area contributed by atoms with Gasteiger partial charge in [0.1, 0.15) is 5.82 Å². The number of H-pyrrole nitrogens is 1. The van der Waals surface area contributed by atoms with Gasteiger partial charge in [-0.2, -0.15) is 0 Å². The minimum Gasteiger partial charge on any atom is -0.493 e. The summed E-state index contributed by atoms with van der Waals surface area (Å²) >= 11 is 6.39. The molecule has 1 aliphatic heterocycles. The van der Waals surface area contributed by atoms with Gasteiger partial charge in [0.25, 0.3) is 0 Å². The van der Waals surface area contributed by atoms with Crippen LogP contribution in [0.15, 0.2) is 36.4 Å². The van der Waals surface area contributed by atoms with Crippen LogP contribution in [-0.2, 0) is 6.54 Å². The molecule has 0 aliphatic carbocycles. The van der Waals surface area contributed by atoms with E-state index in [1.54, 1.807) is 14.2 Å². The maximum absolute atomic E-state index is 6.39. The van der Waals surface area contributed by atoms with Crippen LogP contribution in [0.2, 0.25) is 5.02 Å². The standard InChI is InChI=1S/C19H20ClN3O2/c1-24-17-7-12(14(20)8-18(17)25-2)9-23-10-13(11-23)19-21-15-5-3-4-6-16(15)22-19/h3-8,13H,9-11H2,1-2H3,(H,21,22). The van der Waals surface area contributed by atoms with Gasteiger partial charge in [-0.05, 0) is 23.8 Å². The first-order valence-electron chi connectivity index (χ1n) is 8.25. The molecule has 1 saturated heterocycles. The summed E-state index contributed by atoms with van der Waals surface area (Å²) in [6, 6.07) is 11.9. The number of ether oxygens (including phenoxy) is 2. The first kappa shape index (κ1) is 16.2. The molecule has 25 heavy (non-hydrogen) atoms. The van der Waals surface area contributed by atoms with Crippen LogP contribution < -0.4 is 9.47 Å². The van der Waals surface area contributed by atoms with Crippen molar-refractivity contribution < 1.29 is 9.47 Å². The normalized spacial score (nSPS) is 15.3. The molecule has 6 heteroatoms. The zero-order valence-corrected chi connectivity index (χ0v) is 15.0. The highest BCUT2D eigenvalue weighted by Gasteiger charge is 2.31. The third-order valence-corrected chi connectivity index (χ3v) is 5.05. The molecular formula is C19H20ClN3O2. The molecule has 1 aliphatic rings. The minimum absolute atomic E-state index is 0.436. The summed E-state index contributed by atoms with van der Waals surface area (Å²) in [6.45, 7) is 2.71. The smallest absolute Gasteiger partial charge is 0.162 e. The first-order valence-corrected chi connectivity index (χ1v) is 8.63. The summed E-state index contributed by atoms with van der Waals surface area (Å²) in [5.74, 6) is 2.86. The number of aromatic amines is 1. The van der Waals surface area contributed by atoms with E-state index in [0.29, 0.717) is 22.4 Å². The molecule has 0 spiro atoms. The number of halogens is 1. The summed E-state index contributed by atoms with van der Waals surface area (Å²) in [7, 11) is 3.25. The molecule has 0 amide bonds. The van der Waals surface area contributed by atoms with E-state index in [1.807, 2.05) is 30.3 Å². The largest absolute Gasteiger partial charge is 0.493 e. The van der Waals surface area contributed by atoms with Gasteiger partial charge in [0, 0.05) is 36.6 Å². The Kier molecular flexibility index (Phi) is 4.27. The third-order valence-electron chi connectivity index (χ3n) is 4.70. The Labute approximate surface area is 151 Å². The molecule has 0 radical (unpaired) electrons. The number of hydrogen-bond donors (Lipinski definition) is 1. The lowest BCUT2D eigenvalue weighted by Crippen LogP contribution is -2.44. The van der Waals surface area contributed by atoms with Crippen molar-refractivity contribution in [1.29, 1.82) is 0 Å². The summed E-state index contributed by atoms with van der Waals surface area (Å²) in [5.41, 5.74) is 3.17. The molecule has 3 aromatic rings. The summed E-state index contributed by atoms with van der Waals surface area (Å²) in [5, 5.41) is 0.699. The average molecular weight is 358 g/mol. The van der Waals surface area contributed by atoms with Crippen LogP contribution in [0.1, 0.15) is 17.3 Å². The highest BCUT2D eigenvalue weighted by atomic mass is 35.5. The second kappa shape index (κ2) is 6.58. The van der Waals surface area contributed by atoms with E-state index in [0.717, 1.165) is 42.1 Å². The third kappa shape index (κ3) is 3.05. The van der Waals surface area contributed by atoms with Gasteiger partial charge in [-0.25, -0.2) is 4.98 Å². The topological polar surface area (TPSA) is 50.4 Å². The van der Waals surface area contributed by atoms with Crippen LogP contribution in [0.5, 0.6) is 11.5 Å². The van der Waals surface area contributed by atoms with Gasteiger partial charge in [0.2, 0.25) is 0 Å². The van der Waals surface area contributed by atoms with Gasteiger partial charge in [-0.1, -0.05) is 23.7 Å². The van der Waals surface area contributed by atoms with Crippen LogP contribution in [0, 0.1) is 0 Å². The maximum Gasteiger partial charge on any atom is 0.162 e. The molecule has 2 heterocycles. The highest BCUT2D eigenvalue weighted by molar-refractivity contribution is 6.31. The van der Waals surface area contributed by atoms with Gasteiger partial charge in [0.05, 0.1) is 25.3 Å². The number of nitrogens with one attached hydrogen (secondary N) is 1. The number of benzene rings is 2. The van der Waals surface area contributed by atoms with Gasteiger partial charge < -0.3 is 14.5 Å². The fourth-order valence-corrected chi connectivity index (χ4v) is 3.51. The molecule has 1 N–H and O–H groups in total. The number of likely N-dealkylation sites (tertiary alicyclic amines) is 1. The molecule has 4 rings (SSSR count). The SMILES string of the molecule is COc1cc(Cl)c(CN2CC(c3nc4ccccc4[nH]3)C2)cc1OC. The number of para-hydroxylation sites is 2. The molecule has 0 saturated carbocycles. The maximum atomic E-state index is 6.39. The fourth-order valence-electron chi connectivity index (χ4n) is 3.30. The summed E-state index contributed by atoms with van der Waals surface area (Å²) in [4.78, 5) is 10.5. The average Bonchev–Trinajstić information content (AvgIpc) is 3.01. The van der Waals surface area contributed by atoms with Crippen molar-refractivity contribution in [1.82, 2.24) is 14.9 Å². The van der Waals surface area contributed by atoms with Crippen LogP contribution in [-0.4, -0.2) is 42.2 Å². The number of fused-ring (bicyclic) bond motifs is 1. The zero-order valence-electron chi connectivity index (χ0n) is 14.3. The number of nitrogens with zero attached hydrogens (tertiary/aromatic N) is 2. The molecule has 130 valence electrons. The van der Waals surface area contributed by atoms with Crippen LogP contribution in [0.3, 0.4) is 0 Å². The number of hydrogen-bond acceptors (Lipinski definition) is 4. The van der Waals surface area contributed by atoms with Crippen LogP contribution in [0.25, 0.3) is 11.0 Å². The Bertz CT molecular complexity index is 870. The molecule has 0 atom stereocenters. The molecule has 0 unspecified atom stereocenters. The van der Waals surface area contributed by atoms with Crippen molar-refractivity contribution in [3.8, 4) is 11.5 Å². The van der Waals surface area contributed by atoms with E-state index in [2.05, 4.69) is 16.0 Å². The predicted molar refractivity (Wildman–Crippen MR) is 98.7 cm³/mol. The van der Waals surface area contributed by atoms with E-state index in [1.165, 1.54) is 0 Å².